The number of amides is 2. The van der Waals surface area contributed by atoms with E-state index in [1.807, 2.05) is 43.3 Å². The molecule has 28 heavy (non-hydrogen) atoms. The highest BCUT2D eigenvalue weighted by Gasteiger charge is 2.21. The Bertz CT molecular complexity index is 1050. The highest BCUT2D eigenvalue weighted by atomic mass is 16.5. The van der Waals surface area contributed by atoms with Crippen LogP contribution in [0.3, 0.4) is 0 Å². The Morgan fingerprint density at radius 3 is 2.64 bits per heavy atom. The molecule has 3 aromatic rings. The van der Waals surface area contributed by atoms with E-state index in [0.717, 1.165) is 5.56 Å². The molecule has 0 saturated heterocycles. The molecule has 0 radical (unpaired) electrons. The summed E-state index contributed by atoms with van der Waals surface area (Å²) < 4.78 is 11.3. The molecule has 4 rings (SSSR count). The Morgan fingerprint density at radius 2 is 1.82 bits per heavy atom. The third kappa shape index (κ3) is 3.81. The quantitative estimate of drug-likeness (QED) is 0.711. The monoisotopic (exact) mass is 374 g/mol. The molecule has 2 amide bonds. The number of para-hydroxylation sites is 1. The van der Waals surface area contributed by atoms with E-state index in [1.54, 1.807) is 30.3 Å². The van der Waals surface area contributed by atoms with Crippen LogP contribution in [0.1, 0.15) is 15.9 Å². The van der Waals surface area contributed by atoms with Crippen molar-refractivity contribution in [3.05, 3.63) is 77.9 Å². The van der Waals surface area contributed by atoms with Crippen LogP contribution in [0.2, 0.25) is 0 Å². The first-order chi connectivity index (χ1) is 13.6. The van der Waals surface area contributed by atoms with Crippen molar-refractivity contribution in [2.24, 2.45) is 0 Å². The van der Waals surface area contributed by atoms with E-state index in [-0.39, 0.29) is 18.4 Å². The standard InChI is InChI=1S/C22H18N2O4/c1-14-7-9-20-18(11-14)24-22(26)17-12-15(8-10-19(17)28-20)23-21(25)13-27-16-5-3-2-4-6-16/h2-12H,13H2,1H3,(H,23,25)(H,24,26). The van der Waals surface area contributed by atoms with Gasteiger partial charge in [0.1, 0.15) is 11.5 Å². The van der Waals surface area contributed by atoms with Gasteiger partial charge in [0.15, 0.2) is 12.4 Å². The van der Waals surface area contributed by atoms with Gasteiger partial charge in [-0.15, -0.1) is 0 Å². The number of nitrogens with one attached hydrogen (secondary N) is 2. The van der Waals surface area contributed by atoms with Crippen molar-refractivity contribution in [1.82, 2.24) is 0 Å². The van der Waals surface area contributed by atoms with Gasteiger partial charge in [-0.3, -0.25) is 9.59 Å². The van der Waals surface area contributed by atoms with Crippen LogP contribution in [0.25, 0.3) is 0 Å². The molecule has 0 bridgehead atoms. The van der Waals surface area contributed by atoms with Crippen molar-refractivity contribution in [3.8, 4) is 17.2 Å². The number of hydrogen-bond acceptors (Lipinski definition) is 4. The average Bonchev–Trinajstić information content (AvgIpc) is 2.83. The van der Waals surface area contributed by atoms with E-state index in [4.69, 9.17) is 9.47 Å². The molecule has 6 heteroatoms. The Kier molecular flexibility index (Phi) is 4.68. The third-order valence-corrected chi connectivity index (χ3v) is 4.22. The average molecular weight is 374 g/mol. The maximum Gasteiger partial charge on any atom is 0.262 e. The number of aryl methyl sites for hydroxylation is 1. The number of fused-ring (bicyclic) bond motifs is 2. The fraction of sp³-hybridized carbons (Fsp3) is 0.0909. The lowest BCUT2D eigenvalue weighted by atomic mass is 10.1. The van der Waals surface area contributed by atoms with Crippen LogP contribution in [-0.2, 0) is 4.79 Å². The lowest BCUT2D eigenvalue weighted by Gasteiger charge is -2.10. The second kappa shape index (κ2) is 7.44. The second-order valence-electron chi connectivity index (χ2n) is 6.42. The van der Waals surface area contributed by atoms with Crippen LogP contribution in [-0.4, -0.2) is 18.4 Å². The molecule has 2 N–H and O–H groups in total. The maximum absolute atomic E-state index is 12.6. The summed E-state index contributed by atoms with van der Waals surface area (Å²) in [5.41, 5.74) is 2.46. The molecule has 3 aromatic carbocycles. The fourth-order valence-electron chi connectivity index (χ4n) is 2.88. The SMILES string of the molecule is Cc1ccc2c(c1)NC(=O)c1cc(NC(=O)COc3ccccc3)ccc1O2. The molecule has 0 aliphatic carbocycles. The number of ether oxygens (including phenoxy) is 2. The van der Waals surface area contributed by atoms with Gasteiger partial charge in [-0.1, -0.05) is 24.3 Å². The molecular weight excluding hydrogens is 356 g/mol. The van der Waals surface area contributed by atoms with E-state index >= 15 is 0 Å². The predicted molar refractivity (Wildman–Crippen MR) is 106 cm³/mol. The van der Waals surface area contributed by atoms with Crippen LogP contribution < -0.4 is 20.1 Å². The third-order valence-electron chi connectivity index (χ3n) is 4.22. The summed E-state index contributed by atoms with van der Waals surface area (Å²) in [5.74, 6) is 0.999. The second-order valence-corrected chi connectivity index (χ2v) is 6.42. The predicted octanol–water partition coefficient (Wildman–Crippen LogP) is 4.37. The zero-order valence-electron chi connectivity index (χ0n) is 15.2. The summed E-state index contributed by atoms with van der Waals surface area (Å²) in [6.45, 7) is 1.81. The van der Waals surface area contributed by atoms with Gasteiger partial charge in [-0.2, -0.15) is 0 Å². The molecule has 140 valence electrons. The molecule has 6 nitrogen and oxygen atoms in total. The van der Waals surface area contributed by atoms with E-state index in [2.05, 4.69) is 10.6 Å². The van der Waals surface area contributed by atoms with Gasteiger partial charge in [0.25, 0.3) is 11.8 Å². The highest BCUT2D eigenvalue weighted by molar-refractivity contribution is 6.09. The van der Waals surface area contributed by atoms with E-state index in [0.29, 0.717) is 34.2 Å². The van der Waals surface area contributed by atoms with Crippen LogP contribution >= 0.6 is 0 Å². The minimum atomic E-state index is -0.322. The van der Waals surface area contributed by atoms with Crippen molar-refractivity contribution in [3.63, 3.8) is 0 Å². The molecule has 0 spiro atoms. The molecule has 0 aromatic heterocycles. The Balaban J connectivity index is 1.48. The number of carbonyl (C=O) groups is 2. The highest BCUT2D eigenvalue weighted by Crippen LogP contribution is 2.37. The summed E-state index contributed by atoms with van der Waals surface area (Å²) >= 11 is 0. The lowest BCUT2D eigenvalue weighted by Crippen LogP contribution is -2.20. The Labute approximate surface area is 162 Å². The van der Waals surface area contributed by atoms with Gasteiger partial charge in [-0.25, -0.2) is 0 Å². The first kappa shape index (κ1) is 17.6. The van der Waals surface area contributed by atoms with Crippen molar-refractivity contribution >= 4 is 23.2 Å². The minimum Gasteiger partial charge on any atom is -0.484 e. The van der Waals surface area contributed by atoms with Gasteiger partial charge in [0.2, 0.25) is 0 Å². The van der Waals surface area contributed by atoms with E-state index in [9.17, 15) is 9.59 Å². The first-order valence-corrected chi connectivity index (χ1v) is 8.80. The summed E-state index contributed by atoms with van der Waals surface area (Å²) in [5, 5.41) is 5.58. The van der Waals surface area contributed by atoms with Crippen LogP contribution in [0.15, 0.2) is 66.7 Å². The molecule has 0 unspecified atom stereocenters. The summed E-state index contributed by atoms with van der Waals surface area (Å²) in [6, 6.07) is 19.6. The van der Waals surface area contributed by atoms with Crippen molar-refractivity contribution in [1.29, 1.82) is 0 Å². The zero-order chi connectivity index (χ0) is 19.5. The topological polar surface area (TPSA) is 76.7 Å². The van der Waals surface area contributed by atoms with Crippen molar-refractivity contribution in [2.75, 3.05) is 17.2 Å². The van der Waals surface area contributed by atoms with Crippen LogP contribution in [0.5, 0.6) is 17.2 Å². The van der Waals surface area contributed by atoms with Crippen molar-refractivity contribution in [2.45, 2.75) is 6.92 Å². The van der Waals surface area contributed by atoms with E-state index in [1.165, 1.54) is 0 Å². The molecule has 0 atom stereocenters. The Morgan fingerprint density at radius 1 is 1.04 bits per heavy atom. The van der Waals surface area contributed by atoms with Crippen LogP contribution in [0, 0.1) is 6.92 Å². The van der Waals surface area contributed by atoms with Gasteiger partial charge in [0.05, 0.1) is 11.3 Å². The minimum absolute atomic E-state index is 0.130. The number of rotatable bonds is 4. The number of benzene rings is 3. The normalized spacial score (nSPS) is 12.0. The van der Waals surface area contributed by atoms with Crippen LogP contribution in [0.4, 0.5) is 11.4 Å². The Hall–Kier alpha value is -3.80. The van der Waals surface area contributed by atoms with Gasteiger partial charge in [-0.05, 0) is 55.0 Å². The molecule has 1 heterocycles. The first-order valence-electron chi connectivity index (χ1n) is 8.80. The smallest absolute Gasteiger partial charge is 0.262 e. The van der Waals surface area contributed by atoms with Gasteiger partial charge < -0.3 is 20.1 Å². The molecule has 0 fully saturated rings. The molecular formula is C22H18N2O4. The summed E-state index contributed by atoms with van der Waals surface area (Å²) in [4.78, 5) is 24.8. The number of anilines is 2. The molecule has 1 aliphatic heterocycles. The largest absolute Gasteiger partial charge is 0.484 e. The summed E-state index contributed by atoms with van der Waals surface area (Å²) in [6.07, 6.45) is 0. The lowest BCUT2D eigenvalue weighted by molar-refractivity contribution is -0.118. The summed E-state index contributed by atoms with van der Waals surface area (Å²) in [7, 11) is 0. The zero-order valence-corrected chi connectivity index (χ0v) is 15.2. The number of carbonyl (C=O) groups excluding carboxylic acids is 2. The fourth-order valence-corrected chi connectivity index (χ4v) is 2.88. The maximum atomic E-state index is 12.6. The van der Waals surface area contributed by atoms with E-state index < -0.39 is 0 Å². The van der Waals surface area contributed by atoms with Gasteiger partial charge in [0, 0.05) is 5.69 Å². The molecule has 1 aliphatic rings. The van der Waals surface area contributed by atoms with Crippen molar-refractivity contribution < 1.29 is 19.1 Å². The molecule has 0 saturated carbocycles. The number of hydrogen-bond donors (Lipinski definition) is 2. The van der Waals surface area contributed by atoms with Gasteiger partial charge >= 0.3 is 0 Å².